The van der Waals surface area contributed by atoms with Crippen LogP contribution in [0.2, 0.25) is 0 Å². The van der Waals surface area contributed by atoms with Crippen LogP contribution in [-0.2, 0) is 0 Å². The maximum Gasteiger partial charge on any atom is 0.0610 e. The van der Waals surface area contributed by atoms with Gasteiger partial charge in [0.1, 0.15) is 0 Å². The summed E-state index contributed by atoms with van der Waals surface area (Å²) in [5, 5.41) is 12.6. The monoisotopic (exact) mass is 242 g/mol. The summed E-state index contributed by atoms with van der Waals surface area (Å²) in [4.78, 5) is 2.59. The molecule has 0 saturated heterocycles. The molecule has 1 atom stereocenters. The Hall–Kier alpha value is -0.120. The molecule has 0 aromatic heterocycles. The molecule has 2 N–H and O–H groups in total. The van der Waals surface area contributed by atoms with Gasteiger partial charge in [0, 0.05) is 18.1 Å². The fourth-order valence-corrected chi connectivity index (χ4v) is 2.15. The second-order valence-corrected chi connectivity index (χ2v) is 6.10. The highest BCUT2D eigenvalue weighted by Gasteiger charge is 2.26. The Morgan fingerprint density at radius 1 is 1.41 bits per heavy atom. The van der Waals surface area contributed by atoms with Crippen molar-refractivity contribution >= 4 is 0 Å². The number of aliphatic hydroxyl groups excluding tert-OH is 1. The molecule has 102 valence electrons. The van der Waals surface area contributed by atoms with Gasteiger partial charge in [-0.1, -0.05) is 0 Å². The van der Waals surface area contributed by atoms with E-state index in [2.05, 4.69) is 31.0 Å². The second kappa shape index (κ2) is 6.72. The normalized spacial score (nSPS) is 19.9. The highest BCUT2D eigenvalue weighted by Crippen LogP contribution is 2.30. The van der Waals surface area contributed by atoms with Gasteiger partial charge in [-0.2, -0.15) is 0 Å². The zero-order valence-corrected chi connectivity index (χ0v) is 12.0. The Kier molecular flexibility index (Phi) is 5.90. The van der Waals surface area contributed by atoms with Crippen molar-refractivity contribution in [2.24, 2.45) is 5.92 Å². The van der Waals surface area contributed by atoms with E-state index in [1.165, 1.54) is 19.4 Å². The molecular formula is C14H30N2O. The van der Waals surface area contributed by atoms with Crippen molar-refractivity contribution in [2.75, 3.05) is 26.7 Å². The summed E-state index contributed by atoms with van der Waals surface area (Å²) in [7, 11) is 1.93. The molecule has 1 rings (SSSR count). The van der Waals surface area contributed by atoms with Crippen molar-refractivity contribution in [3.63, 3.8) is 0 Å². The van der Waals surface area contributed by atoms with Crippen LogP contribution in [0.1, 0.15) is 46.5 Å². The smallest absolute Gasteiger partial charge is 0.0610 e. The molecule has 0 aromatic carbocycles. The number of hydrogen-bond acceptors (Lipinski definition) is 3. The molecule has 0 bridgehead atoms. The first-order valence-corrected chi connectivity index (χ1v) is 7.04. The van der Waals surface area contributed by atoms with E-state index in [0.717, 1.165) is 25.3 Å². The minimum atomic E-state index is -0.109. The highest BCUT2D eigenvalue weighted by molar-refractivity contribution is 4.82. The molecule has 1 unspecified atom stereocenters. The van der Waals surface area contributed by atoms with Gasteiger partial charge < -0.3 is 15.3 Å². The largest absolute Gasteiger partial charge is 0.394 e. The third-order valence-corrected chi connectivity index (χ3v) is 4.05. The summed E-state index contributed by atoms with van der Waals surface area (Å²) < 4.78 is 0. The lowest BCUT2D eigenvalue weighted by Crippen LogP contribution is -2.44. The molecule has 0 aromatic rings. The van der Waals surface area contributed by atoms with Crippen molar-refractivity contribution < 1.29 is 5.11 Å². The van der Waals surface area contributed by atoms with E-state index in [1.54, 1.807) is 0 Å². The number of aliphatic hydroxyl groups is 1. The summed E-state index contributed by atoms with van der Waals surface area (Å²) in [6, 6.07) is 0.644. The van der Waals surface area contributed by atoms with Gasteiger partial charge in [0.15, 0.2) is 0 Å². The molecule has 0 aliphatic heterocycles. The minimum absolute atomic E-state index is 0.109. The lowest BCUT2D eigenvalue weighted by atomic mass is 9.97. The van der Waals surface area contributed by atoms with Gasteiger partial charge in [-0.3, -0.25) is 0 Å². The molecule has 3 nitrogen and oxygen atoms in total. The second-order valence-electron chi connectivity index (χ2n) is 6.10. The number of nitrogens with zero attached hydrogens (tertiary/aromatic N) is 1. The van der Waals surface area contributed by atoms with Crippen molar-refractivity contribution in [3.8, 4) is 0 Å². The van der Waals surface area contributed by atoms with Crippen molar-refractivity contribution in [2.45, 2.75) is 58.0 Å². The molecule has 1 aliphatic rings. The molecule has 1 saturated carbocycles. The molecule has 1 aliphatic carbocycles. The van der Waals surface area contributed by atoms with Crippen LogP contribution in [0.3, 0.4) is 0 Å². The van der Waals surface area contributed by atoms with Gasteiger partial charge in [-0.05, 0) is 66.0 Å². The molecule has 0 radical (unpaired) electrons. The van der Waals surface area contributed by atoms with Gasteiger partial charge in [-0.15, -0.1) is 0 Å². The molecule has 0 heterocycles. The first kappa shape index (κ1) is 14.9. The topological polar surface area (TPSA) is 35.5 Å². The quantitative estimate of drug-likeness (QED) is 0.648. The molecule has 3 heteroatoms. The standard InChI is InChI=1S/C14H30N2O/c1-12(2)16(10-13-6-7-13)9-5-8-14(3,11-17)15-4/h12-13,15,17H,5-11H2,1-4H3. The average molecular weight is 242 g/mol. The van der Waals surface area contributed by atoms with Gasteiger partial charge >= 0.3 is 0 Å². The zero-order chi connectivity index (χ0) is 12.9. The van der Waals surface area contributed by atoms with Gasteiger partial charge in [-0.25, -0.2) is 0 Å². The van der Waals surface area contributed by atoms with Crippen LogP contribution in [-0.4, -0.2) is 48.3 Å². The third kappa shape index (κ3) is 5.36. The van der Waals surface area contributed by atoms with Crippen molar-refractivity contribution in [1.29, 1.82) is 0 Å². The van der Waals surface area contributed by atoms with Crippen LogP contribution >= 0.6 is 0 Å². The van der Waals surface area contributed by atoms with E-state index in [1.807, 2.05) is 7.05 Å². The Morgan fingerprint density at radius 2 is 2.06 bits per heavy atom. The summed E-state index contributed by atoms with van der Waals surface area (Å²) in [6.07, 6.45) is 5.04. The summed E-state index contributed by atoms with van der Waals surface area (Å²) in [6.45, 7) is 9.30. The summed E-state index contributed by atoms with van der Waals surface area (Å²) >= 11 is 0. The molecule has 0 spiro atoms. The van der Waals surface area contributed by atoms with Crippen LogP contribution in [0.5, 0.6) is 0 Å². The Morgan fingerprint density at radius 3 is 2.47 bits per heavy atom. The van der Waals surface area contributed by atoms with E-state index in [9.17, 15) is 5.11 Å². The first-order chi connectivity index (χ1) is 8.00. The van der Waals surface area contributed by atoms with Crippen LogP contribution in [0.15, 0.2) is 0 Å². The predicted molar refractivity (Wildman–Crippen MR) is 73.2 cm³/mol. The van der Waals surface area contributed by atoms with E-state index in [4.69, 9.17) is 0 Å². The fraction of sp³-hybridized carbons (Fsp3) is 1.00. The Balaban J connectivity index is 2.25. The van der Waals surface area contributed by atoms with Crippen LogP contribution in [0, 0.1) is 5.92 Å². The molecule has 0 amide bonds. The van der Waals surface area contributed by atoms with Crippen LogP contribution in [0.25, 0.3) is 0 Å². The Labute approximate surface area is 107 Å². The van der Waals surface area contributed by atoms with Gasteiger partial charge in [0.2, 0.25) is 0 Å². The lowest BCUT2D eigenvalue weighted by Gasteiger charge is -2.30. The number of nitrogens with one attached hydrogen (secondary N) is 1. The van der Waals surface area contributed by atoms with Crippen molar-refractivity contribution in [1.82, 2.24) is 10.2 Å². The van der Waals surface area contributed by atoms with E-state index >= 15 is 0 Å². The van der Waals surface area contributed by atoms with E-state index in [-0.39, 0.29) is 12.1 Å². The van der Waals surface area contributed by atoms with E-state index in [0.29, 0.717) is 6.04 Å². The lowest BCUT2D eigenvalue weighted by molar-refractivity contribution is 0.155. The molecule has 17 heavy (non-hydrogen) atoms. The minimum Gasteiger partial charge on any atom is -0.394 e. The average Bonchev–Trinajstić information content (AvgIpc) is 3.11. The molecule has 1 fully saturated rings. The van der Waals surface area contributed by atoms with Crippen molar-refractivity contribution in [3.05, 3.63) is 0 Å². The number of likely N-dealkylation sites (N-methyl/N-ethyl adjacent to an activating group) is 1. The maximum absolute atomic E-state index is 9.34. The highest BCUT2D eigenvalue weighted by atomic mass is 16.3. The molecular weight excluding hydrogens is 212 g/mol. The van der Waals surface area contributed by atoms with Crippen LogP contribution in [0.4, 0.5) is 0 Å². The Bertz CT molecular complexity index is 210. The SMILES string of the molecule is CNC(C)(CO)CCCN(CC1CC1)C(C)C. The van der Waals surface area contributed by atoms with Crippen LogP contribution < -0.4 is 5.32 Å². The number of hydrogen-bond donors (Lipinski definition) is 2. The van der Waals surface area contributed by atoms with Gasteiger partial charge in [0.25, 0.3) is 0 Å². The summed E-state index contributed by atoms with van der Waals surface area (Å²) in [5.41, 5.74) is -0.109. The number of rotatable bonds is 9. The third-order valence-electron chi connectivity index (χ3n) is 4.05. The van der Waals surface area contributed by atoms with Gasteiger partial charge in [0.05, 0.1) is 6.61 Å². The van der Waals surface area contributed by atoms with E-state index < -0.39 is 0 Å². The first-order valence-electron chi connectivity index (χ1n) is 7.04. The summed E-state index contributed by atoms with van der Waals surface area (Å²) in [5.74, 6) is 0.964. The fourth-order valence-electron chi connectivity index (χ4n) is 2.15. The zero-order valence-electron chi connectivity index (χ0n) is 12.0. The predicted octanol–water partition coefficient (Wildman–Crippen LogP) is 1.86. The maximum atomic E-state index is 9.34.